The van der Waals surface area contributed by atoms with Crippen molar-refractivity contribution >= 4 is 23.1 Å². The van der Waals surface area contributed by atoms with E-state index in [2.05, 4.69) is 34.6 Å². The molecular weight excluding hydrogens is 262 g/mol. The molecule has 4 heteroatoms. The molecule has 1 aromatic heterocycles. The maximum atomic E-state index is 5.68. The van der Waals surface area contributed by atoms with Gasteiger partial charge in [-0.1, -0.05) is 12.1 Å². The van der Waals surface area contributed by atoms with Crippen molar-refractivity contribution in [1.82, 2.24) is 4.98 Å². The molecule has 94 valence electrons. The number of rotatable bonds is 4. The topological polar surface area (TPSA) is 22.1 Å². The van der Waals surface area contributed by atoms with Crippen LogP contribution in [0, 0.1) is 0 Å². The summed E-state index contributed by atoms with van der Waals surface area (Å²) >= 11 is 3.49. The molecule has 2 heterocycles. The molecule has 0 N–H and O–H groups in total. The second kappa shape index (κ2) is 5.87. The quantitative estimate of drug-likeness (QED) is 0.778. The van der Waals surface area contributed by atoms with Gasteiger partial charge in [0.25, 0.3) is 0 Å². The van der Waals surface area contributed by atoms with Crippen molar-refractivity contribution in [2.75, 3.05) is 6.61 Å². The van der Waals surface area contributed by atoms with E-state index in [0.29, 0.717) is 6.10 Å². The lowest BCUT2D eigenvalue weighted by Crippen LogP contribution is -1.94. The molecule has 1 aliphatic heterocycles. The van der Waals surface area contributed by atoms with E-state index in [0.717, 1.165) is 24.5 Å². The largest absolute Gasteiger partial charge is 0.374 e. The highest BCUT2D eigenvalue weighted by molar-refractivity contribution is 7.98. The zero-order chi connectivity index (χ0) is 12.2. The number of hydrogen-bond acceptors (Lipinski definition) is 4. The first kappa shape index (κ1) is 12.2. The number of aromatic nitrogens is 1. The zero-order valence-corrected chi connectivity index (χ0v) is 11.7. The van der Waals surface area contributed by atoms with Crippen molar-refractivity contribution in [3.63, 3.8) is 0 Å². The molecule has 18 heavy (non-hydrogen) atoms. The third-order valence-corrected chi connectivity index (χ3v) is 4.73. The zero-order valence-electron chi connectivity index (χ0n) is 10.0. The number of ether oxygens (including phenoxy) is 1. The van der Waals surface area contributed by atoms with E-state index in [1.807, 2.05) is 17.3 Å². The molecule has 1 saturated heterocycles. The van der Waals surface area contributed by atoms with Gasteiger partial charge in [-0.25, -0.2) is 4.98 Å². The number of hydrogen-bond donors (Lipinski definition) is 0. The van der Waals surface area contributed by atoms with Crippen LogP contribution in [0.3, 0.4) is 0 Å². The maximum Gasteiger partial charge on any atom is 0.0825 e. The van der Waals surface area contributed by atoms with Crippen LogP contribution >= 0.6 is 23.1 Å². The van der Waals surface area contributed by atoms with E-state index in [1.165, 1.54) is 16.9 Å². The Kier molecular flexibility index (Phi) is 3.98. The number of nitrogens with zero attached hydrogens (tertiary/aromatic N) is 1. The molecule has 1 fully saturated rings. The lowest BCUT2D eigenvalue weighted by molar-refractivity contribution is 0.112. The van der Waals surface area contributed by atoms with Gasteiger partial charge in [-0.05, 0) is 30.5 Å². The van der Waals surface area contributed by atoms with Crippen LogP contribution in [0.15, 0.2) is 40.1 Å². The third-order valence-electron chi connectivity index (χ3n) is 3.05. The van der Waals surface area contributed by atoms with E-state index in [1.54, 1.807) is 11.3 Å². The summed E-state index contributed by atoms with van der Waals surface area (Å²) in [5.74, 6) is 0.947. The van der Waals surface area contributed by atoms with Gasteiger partial charge in [-0.3, -0.25) is 0 Å². The highest BCUT2D eigenvalue weighted by Crippen LogP contribution is 2.30. The monoisotopic (exact) mass is 277 g/mol. The summed E-state index contributed by atoms with van der Waals surface area (Å²) in [5.41, 5.74) is 4.36. The summed E-state index contributed by atoms with van der Waals surface area (Å²) in [5, 5.41) is 2.10. The second-order valence-corrected chi connectivity index (χ2v) is 6.11. The average Bonchev–Trinajstić information content (AvgIpc) is 3.10. The first-order valence-electron chi connectivity index (χ1n) is 6.13. The SMILES string of the molecule is c1nc(CSc2ccc(C3CCCO3)cc2)cs1. The van der Waals surface area contributed by atoms with E-state index < -0.39 is 0 Å². The van der Waals surface area contributed by atoms with Crippen LogP contribution in [-0.2, 0) is 10.5 Å². The summed E-state index contributed by atoms with van der Waals surface area (Å²) in [6, 6.07) is 8.76. The van der Waals surface area contributed by atoms with Gasteiger partial charge in [0.05, 0.1) is 17.3 Å². The lowest BCUT2D eigenvalue weighted by Gasteiger charge is -2.10. The van der Waals surface area contributed by atoms with Crippen LogP contribution in [0.5, 0.6) is 0 Å². The summed E-state index contributed by atoms with van der Waals surface area (Å²) in [6.07, 6.45) is 2.67. The molecule has 1 unspecified atom stereocenters. The van der Waals surface area contributed by atoms with Gasteiger partial charge in [-0.2, -0.15) is 0 Å². The van der Waals surface area contributed by atoms with Gasteiger partial charge in [0.15, 0.2) is 0 Å². The number of thiazole rings is 1. The molecule has 0 saturated carbocycles. The Balaban J connectivity index is 1.60. The Bertz CT molecular complexity index is 475. The fraction of sp³-hybridized carbons (Fsp3) is 0.357. The average molecular weight is 277 g/mol. The molecule has 1 atom stereocenters. The summed E-state index contributed by atoms with van der Waals surface area (Å²) < 4.78 is 5.68. The summed E-state index contributed by atoms with van der Waals surface area (Å²) in [4.78, 5) is 5.59. The van der Waals surface area contributed by atoms with Gasteiger partial charge in [0.1, 0.15) is 0 Å². The van der Waals surface area contributed by atoms with E-state index in [9.17, 15) is 0 Å². The van der Waals surface area contributed by atoms with Gasteiger partial charge in [0.2, 0.25) is 0 Å². The van der Waals surface area contributed by atoms with E-state index >= 15 is 0 Å². The van der Waals surface area contributed by atoms with Crippen molar-refractivity contribution in [2.45, 2.75) is 29.6 Å². The van der Waals surface area contributed by atoms with Crippen molar-refractivity contribution in [2.24, 2.45) is 0 Å². The predicted octanol–water partition coefficient (Wildman–Crippen LogP) is 4.29. The Morgan fingerprint density at radius 1 is 1.33 bits per heavy atom. The highest BCUT2D eigenvalue weighted by atomic mass is 32.2. The molecule has 3 rings (SSSR count). The molecule has 1 aromatic carbocycles. The molecule has 0 radical (unpaired) electrons. The number of thioether (sulfide) groups is 1. The predicted molar refractivity (Wildman–Crippen MR) is 76.0 cm³/mol. The van der Waals surface area contributed by atoms with Crippen LogP contribution < -0.4 is 0 Å². The highest BCUT2D eigenvalue weighted by Gasteiger charge is 2.17. The first-order chi connectivity index (χ1) is 8.92. The van der Waals surface area contributed by atoms with E-state index in [4.69, 9.17) is 4.74 Å². The fourth-order valence-electron chi connectivity index (χ4n) is 2.09. The van der Waals surface area contributed by atoms with Gasteiger partial charge < -0.3 is 4.74 Å². The Morgan fingerprint density at radius 3 is 2.89 bits per heavy atom. The minimum atomic E-state index is 0.322. The molecule has 1 aliphatic rings. The van der Waals surface area contributed by atoms with Crippen LogP contribution in [0.2, 0.25) is 0 Å². The fourth-order valence-corrected chi connectivity index (χ4v) is 3.55. The molecule has 0 aliphatic carbocycles. The minimum absolute atomic E-state index is 0.322. The standard InChI is InChI=1S/C14H15NOS2/c1-2-14(16-7-1)11-3-5-13(6-4-11)18-9-12-8-17-10-15-12/h3-6,8,10,14H,1-2,7,9H2. The molecule has 2 nitrogen and oxygen atoms in total. The molecular formula is C14H15NOS2. The maximum absolute atomic E-state index is 5.68. The summed E-state index contributed by atoms with van der Waals surface area (Å²) in [6.45, 7) is 0.908. The third kappa shape index (κ3) is 2.94. The van der Waals surface area contributed by atoms with Crippen molar-refractivity contribution < 1.29 is 4.74 Å². The Labute approximate surface area is 115 Å². The number of benzene rings is 1. The minimum Gasteiger partial charge on any atom is -0.374 e. The first-order valence-corrected chi connectivity index (χ1v) is 8.06. The molecule has 0 spiro atoms. The normalized spacial score (nSPS) is 19.2. The molecule has 0 bridgehead atoms. The van der Waals surface area contributed by atoms with Crippen molar-refractivity contribution in [1.29, 1.82) is 0 Å². The molecule has 0 amide bonds. The van der Waals surface area contributed by atoms with Crippen LogP contribution in [0.4, 0.5) is 0 Å². The second-order valence-electron chi connectivity index (χ2n) is 4.34. The Hall–Kier alpha value is -0.840. The Morgan fingerprint density at radius 2 is 2.22 bits per heavy atom. The van der Waals surface area contributed by atoms with Gasteiger partial charge in [0, 0.05) is 22.6 Å². The molecule has 2 aromatic rings. The van der Waals surface area contributed by atoms with Gasteiger partial charge in [-0.15, -0.1) is 23.1 Å². The van der Waals surface area contributed by atoms with Crippen molar-refractivity contribution in [3.05, 3.63) is 46.4 Å². The van der Waals surface area contributed by atoms with Gasteiger partial charge >= 0.3 is 0 Å². The van der Waals surface area contributed by atoms with Crippen LogP contribution in [0.1, 0.15) is 30.2 Å². The lowest BCUT2D eigenvalue weighted by atomic mass is 10.1. The van der Waals surface area contributed by atoms with Crippen LogP contribution in [-0.4, -0.2) is 11.6 Å². The smallest absolute Gasteiger partial charge is 0.0825 e. The van der Waals surface area contributed by atoms with E-state index in [-0.39, 0.29) is 0 Å². The van der Waals surface area contributed by atoms with Crippen molar-refractivity contribution in [3.8, 4) is 0 Å². The van der Waals surface area contributed by atoms with Crippen LogP contribution in [0.25, 0.3) is 0 Å². The summed E-state index contributed by atoms with van der Waals surface area (Å²) in [7, 11) is 0.